The van der Waals surface area contributed by atoms with Gasteiger partial charge in [0, 0.05) is 48.2 Å². The highest BCUT2D eigenvalue weighted by Crippen LogP contribution is 2.47. The molecule has 1 saturated carbocycles. The average Bonchev–Trinajstić information content (AvgIpc) is 3.59. The number of piperidine rings is 1. The topological polar surface area (TPSA) is 102 Å². The Kier molecular flexibility index (Phi) is 6.48. The van der Waals surface area contributed by atoms with Gasteiger partial charge in [0.25, 0.3) is 0 Å². The zero-order valence-corrected chi connectivity index (χ0v) is 22.2. The molecule has 0 amide bonds. The van der Waals surface area contributed by atoms with Crippen LogP contribution in [-0.2, 0) is 4.74 Å². The summed E-state index contributed by atoms with van der Waals surface area (Å²) in [5.74, 6) is -0.495. The van der Waals surface area contributed by atoms with Gasteiger partial charge in [-0.1, -0.05) is 34.4 Å². The lowest BCUT2D eigenvalue weighted by atomic mass is 9.98. The first-order valence-corrected chi connectivity index (χ1v) is 13.5. The molecule has 1 N–H and O–H groups in total. The molecule has 198 valence electrons. The molecule has 3 fully saturated rings. The van der Waals surface area contributed by atoms with Crippen LogP contribution in [0.4, 0.5) is 5.69 Å². The van der Waals surface area contributed by atoms with Gasteiger partial charge >= 0.3 is 11.9 Å². The molecule has 2 saturated heterocycles. The highest BCUT2D eigenvalue weighted by Gasteiger charge is 2.44. The number of anilines is 1. The fourth-order valence-electron chi connectivity index (χ4n) is 5.89. The second-order valence-corrected chi connectivity index (χ2v) is 10.9. The SMILES string of the molecule is COc1cc(N2[C@@H]3CC[C@H]2C[C@@H](OC(=O)c2c(-c4c(Cl)cccc4Cl)noc2C2CC2)C3)ccc1C(=O)O. The van der Waals surface area contributed by atoms with E-state index in [1.165, 1.54) is 7.11 Å². The van der Waals surface area contributed by atoms with Gasteiger partial charge in [-0.3, -0.25) is 0 Å². The molecule has 0 radical (unpaired) electrons. The lowest BCUT2D eigenvalue weighted by Crippen LogP contribution is -2.46. The third kappa shape index (κ3) is 4.39. The minimum absolute atomic E-state index is 0.127. The number of rotatable bonds is 7. The van der Waals surface area contributed by atoms with Crippen LogP contribution in [0, 0.1) is 0 Å². The maximum absolute atomic E-state index is 13.6. The number of carbonyl (C=O) groups excluding carboxylic acids is 1. The number of ether oxygens (including phenoxy) is 2. The van der Waals surface area contributed by atoms with Crippen LogP contribution in [-0.4, -0.2) is 47.5 Å². The summed E-state index contributed by atoms with van der Waals surface area (Å²) in [5, 5.41) is 14.4. The van der Waals surface area contributed by atoms with Crippen LogP contribution in [0.15, 0.2) is 40.9 Å². The number of hydrogen-bond donors (Lipinski definition) is 1. The molecule has 1 aliphatic carbocycles. The Morgan fingerprint density at radius 1 is 1.05 bits per heavy atom. The number of fused-ring (bicyclic) bond motifs is 2. The maximum Gasteiger partial charge on any atom is 0.344 e. The summed E-state index contributed by atoms with van der Waals surface area (Å²) in [7, 11) is 1.47. The number of esters is 1. The Bertz CT molecular complexity index is 1380. The van der Waals surface area contributed by atoms with Crippen molar-refractivity contribution in [3.05, 3.63) is 63.3 Å². The quantitative estimate of drug-likeness (QED) is 0.325. The fourth-order valence-corrected chi connectivity index (χ4v) is 6.47. The van der Waals surface area contributed by atoms with Crippen molar-refractivity contribution in [3.8, 4) is 17.0 Å². The van der Waals surface area contributed by atoms with Crippen molar-refractivity contribution in [2.75, 3.05) is 12.0 Å². The van der Waals surface area contributed by atoms with Gasteiger partial charge < -0.3 is 24.0 Å². The number of halogens is 2. The second kappa shape index (κ2) is 9.82. The van der Waals surface area contributed by atoms with Gasteiger partial charge in [-0.15, -0.1) is 0 Å². The number of aromatic nitrogens is 1. The molecule has 2 aliphatic heterocycles. The molecule has 0 spiro atoms. The van der Waals surface area contributed by atoms with E-state index in [4.69, 9.17) is 37.2 Å². The Balaban J connectivity index is 1.24. The van der Waals surface area contributed by atoms with Crippen LogP contribution in [0.2, 0.25) is 10.0 Å². The smallest absolute Gasteiger partial charge is 0.344 e. The molecule has 1 aromatic heterocycles. The van der Waals surface area contributed by atoms with Crippen molar-refractivity contribution in [2.24, 2.45) is 0 Å². The Labute approximate surface area is 229 Å². The van der Waals surface area contributed by atoms with Gasteiger partial charge in [0.2, 0.25) is 0 Å². The lowest BCUT2D eigenvalue weighted by Gasteiger charge is -2.40. The molecule has 10 heteroatoms. The van der Waals surface area contributed by atoms with E-state index in [0.717, 1.165) is 31.4 Å². The molecule has 0 unspecified atom stereocenters. The number of carboxylic acid groups (broad SMARTS) is 1. The third-order valence-corrected chi connectivity index (χ3v) is 8.38. The fraction of sp³-hybridized carbons (Fsp3) is 0.393. The van der Waals surface area contributed by atoms with Crippen LogP contribution in [0.25, 0.3) is 11.3 Å². The molecule has 3 aromatic rings. The summed E-state index contributed by atoms with van der Waals surface area (Å²) >= 11 is 12.9. The number of hydrogen-bond acceptors (Lipinski definition) is 7. The predicted octanol–water partition coefficient (Wildman–Crippen LogP) is 6.59. The van der Waals surface area contributed by atoms with Crippen molar-refractivity contribution >= 4 is 40.8 Å². The summed E-state index contributed by atoms with van der Waals surface area (Å²) in [5.41, 5.74) is 2.13. The monoisotopic (exact) mass is 556 g/mol. The number of carbonyl (C=O) groups is 2. The molecule has 3 aliphatic rings. The van der Waals surface area contributed by atoms with Crippen molar-refractivity contribution in [1.82, 2.24) is 5.16 Å². The Morgan fingerprint density at radius 3 is 2.34 bits per heavy atom. The molecule has 3 heterocycles. The number of carboxylic acids is 1. The second-order valence-electron chi connectivity index (χ2n) is 10.1. The van der Waals surface area contributed by atoms with E-state index in [2.05, 4.69) is 10.1 Å². The van der Waals surface area contributed by atoms with Gasteiger partial charge in [0.1, 0.15) is 28.7 Å². The predicted molar refractivity (Wildman–Crippen MR) is 142 cm³/mol. The highest BCUT2D eigenvalue weighted by molar-refractivity contribution is 6.39. The van der Waals surface area contributed by atoms with E-state index in [9.17, 15) is 14.7 Å². The molecule has 6 rings (SSSR count). The van der Waals surface area contributed by atoms with Crippen LogP contribution >= 0.6 is 23.2 Å². The Hall–Kier alpha value is -3.23. The Morgan fingerprint density at radius 2 is 1.74 bits per heavy atom. The summed E-state index contributed by atoms with van der Waals surface area (Å²) < 4.78 is 17.1. The van der Waals surface area contributed by atoms with Gasteiger partial charge in [0.05, 0.1) is 17.2 Å². The van der Waals surface area contributed by atoms with Crippen molar-refractivity contribution < 1.29 is 28.7 Å². The molecular weight excluding hydrogens is 531 g/mol. The molecule has 2 aromatic carbocycles. The molecule has 3 atom stereocenters. The molecular formula is C28H26Cl2N2O6. The first-order chi connectivity index (χ1) is 18.4. The zero-order valence-electron chi connectivity index (χ0n) is 20.7. The van der Waals surface area contributed by atoms with E-state index >= 15 is 0 Å². The maximum atomic E-state index is 13.6. The van der Waals surface area contributed by atoms with Gasteiger partial charge in [-0.2, -0.15) is 0 Å². The largest absolute Gasteiger partial charge is 0.496 e. The van der Waals surface area contributed by atoms with E-state index in [0.29, 0.717) is 51.2 Å². The van der Waals surface area contributed by atoms with Crippen LogP contribution in [0.1, 0.15) is 70.9 Å². The standard InChI is InChI=1S/C28H26Cl2N2O6/c1-36-22-13-17(9-10-19(22)27(33)34)32-15-7-8-16(32)12-18(11-15)37-28(35)24-25(31-38-26(24)14-5-6-14)23-20(29)3-2-4-21(23)30/h2-4,9-10,13-16,18H,5-8,11-12H2,1H3,(H,33,34)/t15-,16+,18+. The van der Waals surface area contributed by atoms with Gasteiger partial charge in [0.15, 0.2) is 5.76 Å². The van der Waals surface area contributed by atoms with Crippen LogP contribution < -0.4 is 9.64 Å². The van der Waals surface area contributed by atoms with E-state index < -0.39 is 11.9 Å². The third-order valence-electron chi connectivity index (χ3n) is 7.75. The van der Waals surface area contributed by atoms with Gasteiger partial charge in [-0.05, 0) is 49.9 Å². The normalized spacial score (nSPS) is 22.4. The average molecular weight is 557 g/mol. The van der Waals surface area contributed by atoms with Crippen molar-refractivity contribution in [1.29, 1.82) is 0 Å². The lowest BCUT2D eigenvalue weighted by molar-refractivity contribution is 0.0202. The highest BCUT2D eigenvalue weighted by atomic mass is 35.5. The van der Waals surface area contributed by atoms with E-state index in [-0.39, 0.29) is 29.7 Å². The number of aromatic carboxylic acids is 1. The summed E-state index contributed by atoms with van der Waals surface area (Å²) in [6.45, 7) is 0. The number of nitrogens with zero attached hydrogens (tertiary/aromatic N) is 2. The van der Waals surface area contributed by atoms with Crippen molar-refractivity contribution in [3.63, 3.8) is 0 Å². The molecule has 2 bridgehead atoms. The van der Waals surface area contributed by atoms with E-state index in [1.54, 1.807) is 30.3 Å². The van der Waals surface area contributed by atoms with Crippen LogP contribution in [0.5, 0.6) is 5.75 Å². The minimum atomic E-state index is -1.03. The summed E-state index contributed by atoms with van der Waals surface area (Å²) in [6, 6.07) is 10.6. The van der Waals surface area contributed by atoms with Crippen molar-refractivity contribution in [2.45, 2.75) is 62.6 Å². The molecule has 38 heavy (non-hydrogen) atoms. The van der Waals surface area contributed by atoms with Crippen LogP contribution in [0.3, 0.4) is 0 Å². The number of methoxy groups -OCH3 is 1. The zero-order chi connectivity index (χ0) is 26.6. The summed E-state index contributed by atoms with van der Waals surface area (Å²) in [6.07, 6.45) is 4.84. The molecule has 8 nitrogen and oxygen atoms in total. The minimum Gasteiger partial charge on any atom is -0.496 e. The first kappa shape index (κ1) is 25.1. The van der Waals surface area contributed by atoms with Gasteiger partial charge in [-0.25, -0.2) is 9.59 Å². The number of benzene rings is 2. The first-order valence-electron chi connectivity index (χ1n) is 12.7. The van der Waals surface area contributed by atoms with E-state index in [1.807, 2.05) is 6.07 Å². The summed E-state index contributed by atoms with van der Waals surface area (Å²) in [4.78, 5) is 27.4.